The number of hydrogen-bond donors (Lipinski definition) is 4. The lowest BCUT2D eigenvalue weighted by Crippen LogP contribution is -2.52. The van der Waals surface area contributed by atoms with Gasteiger partial charge in [-0.3, -0.25) is 9.59 Å². The van der Waals surface area contributed by atoms with Crippen molar-refractivity contribution in [1.29, 1.82) is 0 Å². The van der Waals surface area contributed by atoms with E-state index in [1.54, 1.807) is 0 Å². The predicted molar refractivity (Wildman–Crippen MR) is 218 cm³/mol. The lowest BCUT2D eigenvalue weighted by atomic mass is 10.0. The van der Waals surface area contributed by atoms with E-state index >= 15 is 0 Å². The number of alkyl carbamates (subject to hydrolysis) is 2. The normalized spacial score (nSPS) is 23.9. The summed E-state index contributed by atoms with van der Waals surface area (Å²) in [5, 5.41) is 5.48. The summed E-state index contributed by atoms with van der Waals surface area (Å²) < 4.78 is 16.0. The number of aromatic amines is 2. The summed E-state index contributed by atoms with van der Waals surface area (Å²) in [4.78, 5) is 72.6. The van der Waals surface area contributed by atoms with Crippen LogP contribution in [0.2, 0.25) is 0 Å². The van der Waals surface area contributed by atoms with E-state index in [2.05, 4.69) is 26.7 Å². The largest absolute Gasteiger partial charge is 0.457 e. The van der Waals surface area contributed by atoms with Crippen LogP contribution in [0.15, 0.2) is 60.7 Å². The molecule has 8 atom stereocenters. The fourth-order valence-corrected chi connectivity index (χ4v) is 9.23. The van der Waals surface area contributed by atoms with Crippen LogP contribution < -0.4 is 15.4 Å². The molecular weight excluding hydrogens is 753 g/mol. The van der Waals surface area contributed by atoms with Crippen molar-refractivity contribution in [1.82, 2.24) is 40.4 Å². The standard InChI is InChI=1S/C44H50N8O7/c1-21(2)37(49-43(55)57-5)41(53)51-33-16-25(33)18-35(51)39-45-29-12-10-24(15-31(29)47-39)23-8-7-9-27(14-23)59-28-11-13-30-32(20-28)48-40(46-30)36-19-26-17-34(26)52(36)42(54)38(22(3)4)50-44(56)58-6/h7-15,20-22,25-26,33-38H,16-19H2,1-6H3,(H,45,47)(H,46,48)(H,49,55)(H,50,56)/t25-,26?,33?,34-,35+,36+,37+,38+/m1/s1. The lowest BCUT2D eigenvalue weighted by molar-refractivity contribution is -0.137. The SMILES string of the molecule is COC(=O)N[C@H](C(=O)N1C2C[C@@H]2C[C@H]1c1nc2ccc(-c3cccc(Oc4ccc5nc([C@@H]6CC7C[C@H]7N6C(=O)[C@@H](NC(=O)OC)C(C)C)[nH]c5c4)c3)cc2[nH]1)C(C)C. The summed E-state index contributed by atoms with van der Waals surface area (Å²) in [5.74, 6) is 3.16. The van der Waals surface area contributed by atoms with E-state index in [4.69, 9.17) is 24.2 Å². The van der Waals surface area contributed by atoms with E-state index in [9.17, 15) is 19.2 Å². The smallest absolute Gasteiger partial charge is 0.407 e. The highest BCUT2D eigenvalue weighted by atomic mass is 16.5. The third kappa shape index (κ3) is 7.20. The van der Waals surface area contributed by atoms with Crippen LogP contribution in [0.4, 0.5) is 9.59 Å². The summed E-state index contributed by atoms with van der Waals surface area (Å²) >= 11 is 0. The molecular formula is C44H50N8O7. The molecule has 0 radical (unpaired) electrons. The monoisotopic (exact) mass is 802 g/mol. The van der Waals surface area contributed by atoms with Gasteiger partial charge < -0.3 is 44.6 Å². The number of imidazole rings is 2. The molecule has 2 aromatic heterocycles. The number of benzene rings is 3. The molecule has 2 aliphatic carbocycles. The van der Waals surface area contributed by atoms with E-state index in [0.717, 1.165) is 70.5 Å². The van der Waals surface area contributed by atoms with Gasteiger partial charge in [0, 0.05) is 18.2 Å². The fourth-order valence-electron chi connectivity index (χ4n) is 9.23. The molecule has 4 N–H and O–H groups in total. The van der Waals surface area contributed by atoms with Crippen molar-refractivity contribution < 1.29 is 33.4 Å². The van der Waals surface area contributed by atoms with Gasteiger partial charge in [-0.05, 0) is 96.9 Å². The van der Waals surface area contributed by atoms with Gasteiger partial charge in [-0.1, -0.05) is 45.9 Å². The Bertz CT molecular complexity index is 2460. The summed E-state index contributed by atoms with van der Waals surface area (Å²) in [5.41, 5.74) is 5.19. The zero-order chi connectivity index (χ0) is 41.3. The van der Waals surface area contributed by atoms with Gasteiger partial charge in [-0.2, -0.15) is 0 Å². The van der Waals surface area contributed by atoms with Gasteiger partial charge in [-0.25, -0.2) is 19.6 Å². The first-order valence-electron chi connectivity index (χ1n) is 20.5. The van der Waals surface area contributed by atoms with E-state index < -0.39 is 24.3 Å². The summed E-state index contributed by atoms with van der Waals surface area (Å²) in [6.45, 7) is 7.66. The van der Waals surface area contributed by atoms with Crippen molar-refractivity contribution >= 4 is 46.1 Å². The van der Waals surface area contributed by atoms with Crippen molar-refractivity contribution in [3.8, 4) is 22.6 Å². The van der Waals surface area contributed by atoms with E-state index in [1.807, 2.05) is 92.1 Å². The minimum atomic E-state index is -0.698. The molecule has 59 heavy (non-hydrogen) atoms. The fraction of sp³-hybridized carbons (Fsp3) is 0.455. The Balaban J connectivity index is 0.911. The number of nitrogens with zero attached hydrogens (tertiary/aromatic N) is 4. The maximum atomic E-state index is 13.9. The predicted octanol–water partition coefficient (Wildman–Crippen LogP) is 6.98. The van der Waals surface area contributed by atoms with Gasteiger partial charge in [0.05, 0.1) is 48.4 Å². The number of aromatic nitrogens is 4. The molecule has 4 amide bonds. The Morgan fingerprint density at radius 1 is 0.644 bits per heavy atom. The first kappa shape index (κ1) is 38.4. The zero-order valence-electron chi connectivity index (χ0n) is 34.0. The number of carbonyl (C=O) groups excluding carboxylic acids is 4. The molecule has 4 fully saturated rings. The molecule has 9 rings (SSSR count). The number of H-pyrrole nitrogens is 2. The Hall–Kier alpha value is -6.12. The first-order chi connectivity index (χ1) is 28.4. The topological polar surface area (TPSA) is 184 Å². The highest BCUT2D eigenvalue weighted by molar-refractivity contribution is 5.89. The number of ether oxygens (including phenoxy) is 3. The number of rotatable bonds is 11. The molecule has 0 bridgehead atoms. The van der Waals surface area contributed by atoms with Crippen molar-refractivity contribution in [3.05, 3.63) is 72.3 Å². The average Bonchev–Trinajstić information content (AvgIpc) is 3.89. The minimum absolute atomic E-state index is 0.111. The van der Waals surface area contributed by atoms with Crippen LogP contribution in [0.25, 0.3) is 33.2 Å². The Kier molecular flexibility index (Phi) is 9.71. The second-order valence-electron chi connectivity index (χ2n) is 17.1. The first-order valence-corrected chi connectivity index (χ1v) is 20.5. The van der Waals surface area contributed by atoms with Crippen LogP contribution >= 0.6 is 0 Å². The number of methoxy groups -OCH3 is 2. The number of nitrogens with one attached hydrogen (secondary N) is 4. The molecule has 5 aromatic rings. The summed E-state index contributed by atoms with van der Waals surface area (Å²) in [6, 6.07) is 18.2. The van der Waals surface area contributed by atoms with Gasteiger partial charge in [0.1, 0.15) is 35.2 Å². The molecule has 4 aliphatic rings. The second kappa shape index (κ2) is 14.9. The molecule has 2 aliphatic heterocycles. The van der Waals surface area contributed by atoms with Gasteiger partial charge in [0.25, 0.3) is 0 Å². The van der Waals surface area contributed by atoms with Gasteiger partial charge >= 0.3 is 12.2 Å². The van der Waals surface area contributed by atoms with Crippen LogP contribution in [0.1, 0.15) is 77.1 Å². The molecule has 308 valence electrons. The Morgan fingerprint density at radius 3 is 1.66 bits per heavy atom. The van der Waals surface area contributed by atoms with Gasteiger partial charge in [0.2, 0.25) is 11.8 Å². The van der Waals surface area contributed by atoms with Crippen molar-refractivity contribution in [2.45, 2.75) is 89.6 Å². The third-order valence-corrected chi connectivity index (χ3v) is 12.5. The number of amides is 4. The maximum absolute atomic E-state index is 13.9. The number of hydrogen-bond acceptors (Lipinski definition) is 9. The summed E-state index contributed by atoms with van der Waals surface area (Å²) in [6.07, 6.45) is 2.32. The highest BCUT2D eigenvalue weighted by Gasteiger charge is 2.57. The molecule has 2 saturated carbocycles. The number of fused-ring (bicyclic) bond motifs is 4. The van der Waals surface area contributed by atoms with Crippen LogP contribution in [0, 0.1) is 23.7 Å². The van der Waals surface area contributed by atoms with Crippen molar-refractivity contribution in [2.75, 3.05) is 14.2 Å². The van der Waals surface area contributed by atoms with Gasteiger partial charge in [-0.15, -0.1) is 0 Å². The molecule has 3 aromatic carbocycles. The highest BCUT2D eigenvalue weighted by Crippen LogP contribution is 2.54. The van der Waals surface area contributed by atoms with E-state index in [1.165, 1.54) is 14.2 Å². The van der Waals surface area contributed by atoms with Crippen molar-refractivity contribution in [2.24, 2.45) is 23.7 Å². The van der Waals surface area contributed by atoms with E-state index in [0.29, 0.717) is 23.3 Å². The van der Waals surface area contributed by atoms with Gasteiger partial charge in [0.15, 0.2) is 0 Å². The van der Waals surface area contributed by atoms with Crippen molar-refractivity contribution in [3.63, 3.8) is 0 Å². The third-order valence-electron chi connectivity index (χ3n) is 12.5. The molecule has 2 unspecified atom stereocenters. The lowest BCUT2D eigenvalue weighted by Gasteiger charge is -2.31. The van der Waals surface area contributed by atoms with Crippen LogP contribution in [0.5, 0.6) is 11.5 Å². The average molecular weight is 803 g/mol. The molecule has 2 saturated heterocycles. The summed E-state index contributed by atoms with van der Waals surface area (Å²) in [7, 11) is 2.59. The Labute approximate surface area is 341 Å². The minimum Gasteiger partial charge on any atom is -0.457 e. The molecule has 0 spiro atoms. The molecule has 15 nitrogen and oxygen atoms in total. The molecule has 4 heterocycles. The molecule has 15 heteroatoms. The number of likely N-dealkylation sites (tertiary alicyclic amines) is 2. The number of piperidine rings is 2. The Morgan fingerprint density at radius 2 is 1.14 bits per heavy atom. The van der Waals surface area contributed by atoms with Crippen LogP contribution in [-0.2, 0) is 19.1 Å². The second-order valence-corrected chi connectivity index (χ2v) is 17.1. The maximum Gasteiger partial charge on any atom is 0.407 e. The quantitative estimate of drug-likeness (QED) is 0.109. The number of carbonyl (C=O) groups is 4. The zero-order valence-corrected chi connectivity index (χ0v) is 34.0. The van der Waals surface area contributed by atoms with Crippen LogP contribution in [-0.4, -0.2) is 92.1 Å². The van der Waals surface area contributed by atoms with Crippen LogP contribution in [0.3, 0.4) is 0 Å². The van der Waals surface area contributed by atoms with E-state index in [-0.39, 0.29) is 47.8 Å².